The fourth-order valence-corrected chi connectivity index (χ4v) is 2.59. The van der Waals surface area contributed by atoms with Crippen LogP contribution >= 0.6 is 0 Å². The van der Waals surface area contributed by atoms with E-state index in [1.165, 1.54) is 0 Å². The number of nitrogens with zero attached hydrogens (tertiary/aromatic N) is 1. The van der Waals surface area contributed by atoms with Crippen LogP contribution in [0.15, 0.2) is 0 Å². The van der Waals surface area contributed by atoms with Crippen molar-refractivity contribution in [1.82, 2.24) is 4.90 Å². The summed E-state index contributed by atoms with van der Waals surface area (Å²) in [5.41, 5.74) is -0.614. The standard InChI is InChI=1S/C16H27F2NO3/c1-15(2,3)22-14(21)19(11-5-4-6-12-20)13-7-9-16(17,18)10-8-13/h12-13H,4-11H2,1-3H3. The lowest BCUT2D eigenvalue weighted by Gasteiger charge is -2.37. The van der Waals surface area contributed by atoms with Gasteiger partial charge in [0.2, 0.25) is 5.92 Å². The topological polar surface area (TPSA) is 46.6 Å². The Balaban J connectivity index is 2.65. The molecule has 0 heterocycles. The van der Waals surface area contributed by atoms with Crippen LogP contribution in [0.5, 0.6) is 0 Å². The van der Waals surface area contributed by atoms with E-state index in [0.29, 0.717) is 38.6 Å². The molecule has 1 aliphatic rings. The van der Waals surface area contributed by atoms with Gasteiger partial charge in [-0.2, -0.15) is 0 Å². The Bertz CT molecular complexity index is 370. The molecule has 0 aliphatic heterocycles. The van der Waals surface area contributed by atoms with Crippen LogP contribution in [0, 0.1) is 0 Å². The summed E-state index contributed by atoms with van der Waals surface area (Å²) in [6.45, 7) is 5.79. The van der Waals surface area contributed by atoms with E-state index in [0.717, 1.165) is 6.29 Å². The molecule has 0 spiro atoms. The summed E-state index contributed by atoms with van der Waals surface area (Å²) in [7, 11) is 0. The van der Waals surface area contributed by atoms with E-state index in [4.69, 9.17) is 4.74 Å². The second-order valence-corrected chi connectivity index (χ2v) is 6.92. The van der Waals surface area contributed by atoms with Gasteiger partial charge in [0.15, 0.2) is 0 Å². The molecule has 1 saturated carbocycles. The molecule has 22 heavy (non-hydrogen) atoms. The van der Waals surface area contributed by atoms with Crippen LogP contribution in [0.3, 0.4) is 0 Å². The highest BCUT2D eigenvalue weighted by molar-refractivity contribution is 5.68. The molecule has 1 aliphatic carbocycles. The summed E-state index contributed by atoms with van der Waals surface area (Å²) in [5.74, 6) is -2.62. The minimum Gasteiger partial charge on any atom is -0.444 e. The lowest BCUT2D eigenvalue weighted by atomic mass is 9.91. The normalized spacial score (nSPS) is 18.8. The smallest absolute Gasteiger partial charge is 0.410 e. The van der Waals surface area contributed by atoms with E-state index < -0.39 is 17.6 Å². The molecule has 0 atom stereocenters. The number of hydrogen-bond acceptors (Lipinski definition) is 3. The van der Waals surface area contributed by atoms with E-state index in [9.17, 15) is 18.4 Å². The number of amides is 1. The molecule has 0 N–H and O–H groups in total. The number of carbonyl (C=O) groups is 2. The largest absolute Gasteiger partial charge is 0.444 e. The van der Waals surface area contributed by atoms with Crippen molar-refractivity contribution in [3.05, 3.63) is 0 Å². The van der Waals surface area contributed by atoms with Gasteiger partial charge < -0.3 is 14.4 Å². The predicted octanol–water partition coefficient (Wildman–Crippen LogP) is 4.17. The number of rotatable bonds is 6. The Morgan fingerprint density at radius 3 is 2.36 bits per heavy atom. The van der Waals surface area contributed by atoms with Crippen molar-refractivity contribution in [3.63, 3.8) is 0 Å². The Kier molecular flexibility index (Phi) is 6.75. The summed E-state index contributed by atoms with van der Waals surface area (Å²) < 4.78 is 32.0. The Morgan fingerprint density at radius 1 is 1.27 bits per heavy atom. The van der Waals surface area contributed by atoms with E-state index >= 15 is 0 Å². The maximum Gasteiger partial charge on any atom is 0.410 e. The Morgan fingerprint density at radius 2 is 1.86 bits per heavy atom. The lowest BCUT2D eigenvalue weighted by molar-refractivity contribution is -0.108. The number of ether oxygens (including phenoxy) is 1. The van der Waals surface area contributed by atoms with Crippen LogP contribution in [0.4, 0.5) is 13.6 Å². The monoisotopic (exact) mass is 319 g/mol. The van der Waals surface area contributed by atoms with Crippen molar-refractivity contribution in [2.75, 3.05) is 6.54 Å². The van der Waals surface area contributed by atoms with Crippen LogP contribution in [0.25, 0.3) is 0 Å². The van der Waals surface area contributed by atoms with Gasteiger partial charge in [0.1, 0.15) is 11.9 Å². The zero-order valence-electron chi connectivity index (χ0n) is 13.7. The van der Waals surface area contributed by atoms with E-state index in [1.807, 2.05) is 0 Å². The van der Waals surface area contributed by atoms with Crippen LogP contribution in [0.2, 0.25) is 0 Å². The van der Waals surface area contributed by atoms with Gasteiger partial charge >= 0.3 is 6.09 Å². The SMILES string of the molecule is CC(C)(C)OC(=O)N(CCCCC=O)C1CCC(F)(F)CC1. The van der Waals surface area contributed by atoms with Crippen molar-refractivity contribution >= 4 is 12.4 Å². The molecule has 6 heteroatoms. The third-order valence-electron chi connectivity index (χ3n) is 3.73. The minimum atomic E-state index is -2.62. The van der Waals surface area contributed by atoms with Crippen molar-refractivity contribution in [2.45, 2.75) is 83.3 Å². The Hall–Kier alpha value is -1.20. The molecule has 0 aromatic rings. The van der Waals surface area contributed by atoms with Gasteiger partial charge in [0.25, 0.3) is 0 Å². The quantitative estimate of drug-likeness (QED) is 0.545. The number of unbranched alkanes of at least 4 members (excludes halogenated alkanes) is 2. The molecule has 4 nitrogen and oxygen atoms in total. The first kappa shape index (κ1) is 18.8. The molecule has 0 unspecified atom stereocenters. The summed E-state index contributed by atoms with van der Waals surface area (Å²) >= 11 is 0. The van der Waals surface area contributed by atoms with Crippen LogP contribution in [-0.2, 0) is 9.53 Å². The summed E-state index contributed by atoms with van der Waals surface area (Å²) in [4.78, 5) is 24.3. The first-order valence-corrected chi connectivity index (χ1v) is 7.96. The third-order valence-corrected chi connectivity index (χ3v) is 3.73. The van der Waals surface area contributed by atoms with Gasteiger partial charge in [-0.1, -0.05) is 0 Å². The van der Waals surface area contributed by atoms with E-state index in [-0.39, 0.29) is 18.9 Å². The van der Waals surface area contributed by atoms with Gasteiger partial charge in [0.05, 0.1) is 0 Å². The second-order valence-electron chi connectivity index (χ2n) is 6.92. The predicted molar refractivity (Wildman–Crippen MR) is 80.1 cm³/mol. The average molecular weight is 319 g/mol. The molecule has 128 valence electrons. The fraction of sp³-hybridized carbons (Fsp3) is 0.875. The maximum absolute atomic E-state index is 13.3. The first-order valence-electron chi connectivity index (χ1n) is 7.96. The molecule has 1 amide bonds. The van der Waals surface area contributed by atoms with Gasteiger partial charge in [-0.15, -0.1) is 0 Å². The number of hydrogen-bond donors (Lipinski definition) is 0. The Labute approximate surface area is 131 Å². The van der Waals surface area contributed by atoms with E-state index in [1.54, 1.807) is 25.7 Å². The molecular weight excluding hydrogens is 292 g/mol. The molecule has 0 saturated heterocycles. The fourth-order valence-electron chi connectivity index (χ4n) is 2.59. The van der Waals surface area contributed by atoms with Crippen LogP contribution in [-0.4, -0.2) is 41.4 Å². The molecule has 0 aromatic carbocycles. The molecule has 0 bridgehead atoms. The number of alkyl halides is 2. The average Bonchev–Trinajstić information content (AvgIpc) is 2.37. The van der Waals surface area contributed by atoms with E-state index in [2.05, 4.69) is 0 Å². The van der Waals surface area contributed by atoms with Gasteiger partial charge in [-0.3, -0.25) is 0 Å². The molecule has 0 aromatic heterocycles. The van der Waals surface area contributed by atoms with Gasteiger partial charge in [-0.05, 0) is 46.5 Å². The second kappa shape index (κ2) is 7.88. The van der Waals surface area contributed by atoms with Gasteiger partial charge in [-0.25, -0.2) is 13.6 Å². The van der Waals surface area contributed by atoms with Gasteiger partial charge in [0, 0.05) is 31.8 Å². The summed E-state index contributed by atoms with van der Waals surface area (Å²) in [5, 5.41) is 0. The molecule has 1 fully saturated rings. The van der Waals surface area contributed by atoms with Crippen molar-refractivity contribution in [2.24, 2.45) is 0 Å². The van der Waals surface area contributed by atoms with Crippen LogP contribution < -0.4 is 0 Å². The molecule has 0 radical (unpaired) electrons. The highest BCUT2D eigenvalue weighted by Crippen LogP contribution is 2.35. The third kappa shape index (κ3) is 6.71. The highest BCUT2D eigenvalue weighted by Gasteiger charge is 2.38. The molecular formula is C16H27F2NO3. The van der Waals surface area contributed by atoms with Crippen molar-refractivity contribution in [1.29, 1.82) is 0 Å². The summed E-state index contributed by atoms with van der Waals surface area (Å²) in [6, 6.07) is -0.203. The number of halogens is 2. The molecule has 1 rings (SSSR count). The maximum atomic E-state index is 13.3. The minimum absolute atomic E-state index is 0.189. The lowest BCUT2D eigenvalue weighted by Crippen LogP contribution is -2.46. The van der Waals surface area contributed by atoms with Crippen LogP contribution in [0.1, 0.15) is 65.7 Å². The zero-order valence-corrected chi connectivity index (χ0v) is 13.7. The summed E-state index contributed by atoms with van der Waals surface area (Å²) in [6.07, 6.45) is 2.41. The van der Waals surface area contributed by atoms with Crippen molar-refractivity contribution < 1.29 is 23.1 Å². The highest BCUT2D eigenvalue weighted by atomic mass is 19.3. The first-order chi connectivity index (χ1) is 10.1. The number of aldehydes is 1. The number of carbonyl (C=O) groups excluding carboxylic acids is 2. The zero-order chi connectivity index (χ0) is 16.8. The van der Waals surface area contributed by atoms with Crippen molar-refractivity contribution in [3.8, 4) is 0 Å².